The first-order valence-electron chi connectivity index (χ1n) is 6.77. The van der Waals surface area contributed by atoms with Gasteiger partial charge in [0.15, 0.2) is 0 Å². The molecule has 19 heavy (non-hydrogen) atoms. The summed E-state index contributed by atoms with van der Waals surface area (Å²) in [5, 5.41) is 3.79. The van der Waals surface area contributed by atoms with E-state index in [1.807, 2.05) is 19.2 Å². The van der Waals surface area contributed by atoms with Gasteiger partial charge in [0.05, 0.1) is 10.7 Å². The van der Waals surface area contributed by atoms with Gasteiger partial charge in [-0.1, -0.05) is 18.5 Å². The summed E-state index contributed by atoms with van der Waals surface area (Å²) in [6.07, 6.45) is 1.14. The average molecular weight is 285 g/mol. The molecule has 0 fully saturated rings. The maximum atomic E-state index is 6.23. The Balaban J connectivity index is 2.71. The zero-order valence-electron chi connectivity index (χ0n) is 12.4. The highest BCUT2D eigenvalue weighted by molar-refractivity contribution is 6.31. The van der Waals surface area contributed by atoms with Crippen LogP contribution in [0, 0.1) is 0 Å². The molecule has 0 atom stereocenters. The van der Waals surface area contributed by atoms with Crippen molar-refractivity contribution in [1.29, 1.82) is 0 Å². The maximum Gasteiger partial charge on any atom is 0.126 e. The van der Waals surface area contributed by atoms with E-state index in [-0.39, 0.29) is 0 Å². The number of hydrogen-bond acceptors (Lipinski definition) is 4. The minimum absolute atomic E-state index is 0.741. The Morgan fingerprint density at radius 2 is 1.95 bits per heavy atom. The Hall–Kier alpha value is -0.840. The van der Waals surface area contributed by atoms with Crippen molar-refractivity contribution in [2.75, 3.05) is 46.1 Å². The average Bonchev–Trinajstić information content (AvgIpc) is 2.38. The summed E-state index contributed by atoms with van der Waals surface area (Å²) < 4.78 is 0. The van der Waals surface area contributed by atoms with Crippen molar-refractivity contribution < 1.29 is 0 Å². The van der Waals surface area contributed by atoms with Crippen molar-refractivity contribution in [1.82, 2.24) is 14.8 Å². The second-order valence-electron chi connectivity index (χ2n) is 4.95. The van der Waals surface area contributed by atoms with Crippen molar-refractivity contribution in [2.45, 2.75) is 19.9 Å². The second-order valence-corrected chi connectivity index (χ2v) is 5.36. The van der Waals surface area contributed by atoms with Crippen LogP contribution in [-0.2, 0) is 6.54 Å². The van der Waals surface area contributed by atoms with Crippen molar-refractivity contribution >= 4 is 17.4 Å². The van der Waals surface area contributed by atoms with Crippen LogP contribution in [0.2, 0.25) is 5.02 Å². The van der Waals surface area contributed by atoms with Crippen molar-refractivity contribution in [3.05, 3.63) is 22.8 Å². The van der Waals surface area contributed by atoms with Gasteiger partial charge in [0.1, 0.15) is 5.82 Å². The number of anilines is 1. The number of hydrogen-bond donors (Lipinski definition) is 1. The molecule has 1 aromatic rings. The number of pyridine rings is 1. The molecule has 0 unspecified atom stereocenters. The Morgan fingerprint density at radius 1 is 1.21 bits per heavy atom. The summed E-state index contributed by atoms with van der Waals surface area (Å²) in [7, 11) is 6.06. The first kappa shape index (κ1) is 16.2. The van der Waals surface area contributed by atoms with Crippen LogP contribution in [0.15, 0.2) is 12.1 Å². The summed E-state index contributed by atoms with van der Waals surface area (Å²) in [4.78, 5) is 9.13. The fraction of sp³-hybridized carbons (Fsp3) is 0.643. The van der Waals surface area contributed by atoms with Crippen molar-refractivity contribution in [2.24, 2.45) is 0 Å². The Kier molecular flexibility index (Phi) is 7.13. The van der Waals surface area contributed by atoms with Crippen LogP contribution in [0.5, 0.6) is 0 Å². The molecule has 0 bridgehead atoms. The number of rotatable bonds is 8. The Bertz CT molecular complexity index is 382. The molecular weight excluding hydrogens is 260 g/mol. The molecule has 0 amide bonds. The highest BCUT2D eigenvalue weighted by atomic mass is 35.5. The molecule has 0 spiro atoms. The minimum Gasteiger partial charge on any atom is -0.373 e. The van der Waals surface area contributed by atoms with Crippen LogP contribution < -0.4 is 5.32 Å². The van der Waals surface area contributed by atoms with Gasteiger partial charge in [-0.2, -0.15) is 0 Å². The van der Waals surface area contributed by atoms with Crippen molar-refractivity contribution in [3.63, 3.8) is 0 Å². The Morgan fingerprint density at radius 3 is 2.53 bits per heavy atom. The molecule has 0 aliphatic heterocycles. The van der Waals surface area contributed by atoms with Gasteiger partial charge in [-0.25, -0.2) is 4.98 Å². The normalized spacial score (nSPS) is 11.3. The van der Waals surface area contributed by atoms with E-state index in [1.165, 1.54) is 0 Å². The molecule has 0 aliphatic rings. The fourth-order valence-electron chi connectivity index (χ4n) is 1.87. The van der Waals surface area contributed by atoms with Crippen LogP contribution in [0.4, 0.5) is 5.82 Å². The zero-order chi connectivity index (χ0) is 14.3. The lowest BCUT2D eigenvalue weighted by molar-refractivity contribution is 0.232. The molecule has 0 saturated carbocycles. The van der Waals surface area contributed by atoms with E-state index >= 15 is 0 Å². The highest BCUT2D eigenvalue weighted by Gasteiger charge is 2.10. The smallest absolute Gasteiger partial charge is 0.126 e. The maximum absolute atomic E-state index is 6.23. The third kappa shape index (κ3) is 5.76. The van der Waals surface area contributed by atoms with Gasteiger partial charge in [-0.15, -0.1) is 0 Å². The second kappa shape index (κ2) is 8.35. The molecule has 108 valence electrons. The molecule has 5 heteroatoms. The van der Waals surface area contributed by atoms with Gasteiger partial charge in [0, 0.05) is 26.7 Å². The van der Waals surface area contributed by atoms with Gasteiger partial charge in [-0.3, -0.25) is 4.90 Å². The van der Waals surface area contributed by atoms with Crippen molar-refractivity contribution in [3.8, 4) is 0 Å². The number of nitrogens with one attached hydrogen (secondary N) is 1. The predicted octanol–water partition coefficient (Wildman–Crippen LogP) is 2.55. The molecule has 1 heterocycles. The topological polar surface area (TPSA) is 31.4 Å². The third-order valence-electron chi connectivity index (χ3n) is 2.95. The van der Waals surface area contributed by atoms with Gasteiger partial charge < -0.3 is 10.2 Å². The minimum atomic E-state index is 0.741. The van der Waals surface area contributed by atoms with Crippen LogP contribution in [0.25, 0.3) is 0 Å². The van der Waals surface area contributed by atoms with E-state index in [1.54, 1.807) is 0 Å². The van der Waals surface area contributed by atoms with E-state index in [4.69, 9.17) is 11.6 Å². The summed E-state index contributed by atoms with van der Waals surface area (Å²) in [6, 6.07) is 3.81. The van der Waals surface area contributed by atoms with Gasteiger partial charge in [0.2, 0.25) is 0 Å². The zero-order valence-corrected chi connectivity index (χ0v) is 13.2. The van der Waals surface area contributed by atoms with Crippen LogP contribution in [0.3, 0.4) is 0 Å². The highest BCUT2D eigenvalue weighted by Crippen LogP contribution is 2.18. The van der Waals surface area contributed by atoms with E-state index in [0.717, 1.165) is 49.1 Å². The van der Waals surface area contributed by atoms with E-state index in [0.29, 0.717) is 0 Å². The van der Waals surface area contributed by atoms with E-state index in [2.05, 4.69) is 41.1 Å². The summed E-state index contributed by atoms with van der Waals surface area (Å²) in [5.41, 5.74) is 0.945. The molecule has 0 aliphatic carbocycles. The molecule has 0 saturated heterocycles. The molecule has 4 nitrogen and oxygen atoms in total. The van der Waals surface area contributed by atoms with Gasteiger partial charge >= 0.3 is 0 Å². The molecule has 0 aromatic carbocycles. The SMILES string of the molecule is CCCN(CCN(C)C)Cc1nc(NC)ccc1Cl. The number of aromatic nitrogens is 1. The molecule has 1 N–H and O–H groups in total. The molecule has 1 rings (SSSR count). The van der Waals surface area contributed by atoms with Gasteiger partial charge in [0.25, 0.3) is 0 Å². The number of likely N-dealkylation sites (N-methyl/N-ethyl adjacent to an activating group) is 1. The molecule has 1 aromatic heterocycles. The standard InChI is InChI=1S/C14H25ClN4/c1-5-8-19(10-9-18(3)4)11-13-12(15)6-7-14(16-2)17-13/h6-7H,5,8-11H2,1-4H3,(H,16,17). The van der Waals surface area contributed by atoms with Crippen LogP contribution in [-0.4, -0.2) is 55.6 Å². The van der Waals surface area contributed by atoms with Crippen LogP contribution >= 0.6 is 11.6 Å². The lowest BCUT2D eigenvalue weighted by Crippen LogP contribution is -2.32. The lowest BCUT2D eigenvalue weighted by Gasteiger charge is -2.23. The quantitative estimate of drug-likeness (QED) is 0.795. The predicted molar refractivity (Wildman–Crippen MR) is 82.9 cm³/mol. The molecular formula is C14H25ClN4. The molecule has 0 radical (unpaired) electrons. The van der Waals surface area contributed by atoms with E-state index in [9.17, 15) is 0 Å². The number of nitrogens with zero attached hydrogens (tertiary/aromatic N) is 3. The largest absolute Gasteiger partial charge is 0.373 e. The van der Waals surface area contributed by atoms with Crippen LogP contribution in [0.1, 0.15) is 19.0 Å². The first-order valence-corrected chi connectivity index (χ1v) is 7.14. The lowest BCUT2D eigenvalue weighted by atomic mass is 10.3. The Labute approximate surface area is 121 Å². The summed E-state index contributed by atoms with van der Waals surface area (Å²) in [5.74, 6) is 0.864. The summed E-state index contributed by atoms with van der Waals surface area (Å²) >= 11 is 6.23. The fourth-order valence-corrected chi connectivity index (χ4v) is 2.04. The number of halogens is 1. The van der Waals surface area contributed by atoms with E-state index < -0.39 is 0 Å². The van der Waals surface area contributed by atoms with Gasteiger partial charge in [-0.05, 0) is 39.2 Å². The summed E-state index contributed by atoms with van der Waals surface area (Å²) in [6.45, 7) is 6.14. The first-order chi connectivity index (χ1) is 9.06. The monoisotopic (exact) mass is 284 g/mol. The third-order valence-corrected chi connectivity index (χ3v) is 3.30.